The van der Waals surface area contributed by atoms with Crippen LogP contribution in [0.1, 0.15) is 67.0 Å². The Morgan fingerprint density at radius 3 is 2.47 bits per heavy atom. The van der Waals surface area contributed by atoms with Crippen LogP contribution in [0.2, 0.25) is 0 Å². The number of benzene rings is 2. The van der Waals surface area contributed by atoms with Gasteiger partial charge >= 0.3 is 0 Å². The number of nitrogens with zero attached hydrogens (tertiary/aromatic N) is 2. The average molecular weight is 502 g/mol. The van der Waals surface area contributed by atoms with Crippen molar-refractivity contribution in [2.45, 2.75) is 63.6 Å². The molecule has 2 atom stereocenters. The van der Waals surface area contributed by atoms with E-state index in [0.29, 0.717) is 12.6 Å². The number of carbonyl (C=O) groups excluding carboxylic acids is 2. The number of amides is 2. The number of carbonyl (C=O) groups is 2. The highest BCUT2D eigenvalue weighted by atomic mass is 32.1. The van der Waals surface area contributed by atoms with Gasteiger partial charge in [-0.25, -0.2) is 0 Å². The predicted octanol–water partition coefficient (Wildman–Crippen LogP) is 5.89. The standard InChI is InChI=1S/C30H35N3O2S/c1-2-32(23-12-4-3-5-13-23)19-18-27(34)31-30(35)28-25-16-9-6-11-22(25)21-33(24-14-7-8-15-24)29(28)26-17-10-20-36-26/h3-6,9-13,16-17,20,24,28-29H,2,7-8,14-15,18-19,21H2,1H3,(H,31,34,35). The van der Waals surface area contributed by atoms with Crippen LogP contribution in [-0.2, 0) is 16.1 Å². The van der Waals surface area contributed by atoms with E-state index in [2.05, 4.69) is 69.9 Å². The lowest BCUT2D eigenvalue weighted by Gasteiger charge is -2.44. The number of thiophene rings is 1. The molecule has 5 rings (SSSR count). The van der Waals surface area contributed by atoms with Gasteiger partial charge in [-0.15, -0.1) is 11.3 Å². The summed E-state index contributed by atoms with van der Waals surface area (Å²) in [7, 11) is 0. The molecule has 0 saturated heterocycles. The van der Waals surface area contributed by atoms with Gasteiger partial charge < -0.3 is 4.90 Å². The largest absolute Gasteiger partial charge is 0.371 e. The molecule has 2 aromatic carbocycles. The summed E-state index contributed by atoms with van der Waals surface area (Å²) in [6.45, 7) is 4.31. The molecule has 188 valence electrons. The fraction of sp³-hybridized carbons (Fsp3) is 0.400. The zero-order valence-corrected chi connectivity index (χ0v) is 21.8. The first kappa shape index (κ1) is 24.7. The summed E-state index contributed by atoms with van der Waals surface area (Å²) in [6.07, 6.45) is 5.10. The minimum absolute atomic E-state index is 0.0488. The first-order valence-corrected chi connectivity index (χ1v) is 14.0. The maximum Gasteiger partial charge on any atom is 0.236 e. The van der Waals surface area contributed by atoms with E-state index in [0.717, 1.165) is 24.3 Å². The Balaban J connectivity index is 1.37. The quantitative estimate of drug-likeness (QED) is 0.418. The topological polar surface area (TPSA) is 52.7 Å². The molecule has 1 N–H and O–H groups in total. The molecule has 1 aliphatic carbocycles. The van der Waals surface area contributed by atoms with Gasteiger partial charge in [0.1, 0.15) is 0 Å². The van der Waals surface area contributed by atoms with Gasteiger partial charge in [0.15, 0.2) is 0 Å². The number of imide groups is 1. The van der Waals surface area contributed by atoms with Crippen LogP contribution in [-0.4, -0.2) is 35.8 Å². The Kier molecular flexibility index (Phi) is 7.83. The van der Waals surface area contributed by atoms with Crippen LogP contribution in [0.5, 0.6) is 0 Å². The molecule has 36 heavy (non-hydrogen) atoms. The van der Waals surface area contributed by atoms with E-state index >= 15 is 0 Å². The molecule has 1 fully saturated rings. The highest BCUT2D eigenvalue weighted by Gasteiger charge is 2.44. The van der Waals surface area contributed by atoms with Crippen molar-refractivity contribution in [3.63, 3.8) is 0 Å². The molecule has 6 heteroatoms. The Morgan fingerprint density at radius 2 is 1.75 bits per heavy atom. The molecular formula is C30H35N3O2S. The summed E-state index contributed by atoms with van der Waals surface area (Å²) in [6, 6.07) is 23.0. The number of rotatable bonds is 8. The van der Waals surface area contributed by atoms with Crippen molar-refractivity contribution in [3.05, 3.63) is 88.1 Å². The minimum Gasteiger partial charge on any atom is -0.371 e. The Hall–Kier alpha value is -2.96. The molecule has 1 saturated carbocycles. The third kappa shape index (κ3) is 5.25. The Morgan fingerprint density at radius 1 is 1.00 bits per heavy atom. The van der Waals surface area contributed by atoms with Gasteiger partial charge in [-0.3, -0.25) is 19.8 Å². The monoisotopic (exact) mass is 501 g/mol. The molecule has 0 bridgehead atoms. The molecule has 1 aromatic heterocycles. The van der Waals surface area contributed by atoms with Gasteiger partial charge in [0.05, 0.1) is 12.0 Å². The summed E-state index contributed by atoms with van der Waals surface area (Å²) in [5.74, 6) is -0.805. The van der Waals surface area contributed by atoms with Crippen molar-refractivity contribution >= 4 is 28.8 Å². The first-order valence-electron chi connectivity index (χ1n) is 13.2. The fourth-order valence-electron chi connectivity index (χ4n) is 5.92. The van der Waals surface area contributed by atoms with E-state index in [1.165, 1.54) is 36.1 Å². The lowest BCUT2D eigenvalue weighted by Crippen LogP contribution is -2.48. The van der Waals surface area contributed by atoms with Gasteiger partial charge in [0, 0.05) is 42.7 Å². The normalized spacial score (nSPS) is 20.1. The molecule has 0 radical (unpaired) electrons. The molecular weight excluding hydrogens is 466 g/mol. The highest BCUT2D eigenvalue weighted by molar-refractivity contribution is 7.10. The van der Waals surface area contributed by atoms with E-state index in [9.17, 15) is 9.59 Å². The summed E-state index contributed by atoms with van der Waals surface area (Å²) >= 11 is 1.71. The van der Waals surface area contributed by atoms with Gasteiger partial charge in [-0.1, -0.05) is 61.4 Å². The number of fused-ring (bicyclic) bond motifs is 1. The van der Waals surface area contributed by atoms with Crippen molar-refractivity contribution in [1.29, 1.82) is 0 Å². The highest BCUT2D eigenvalue weighted by Crippen LogP contribution is 2.47. The number of anilines is 1. The van der Waals surface area contributed by atoms with Crippen LogP contribution >= 0.6 is 11.3 Å². The van der Waals surface area contributed by atoms with Crippen molar-refractivity contribution in [1.82, 2.24) is 10.2 Å². The van der Waals surface area contributed by atoms with E-state index < -0.39 is 5.92 Å². The van der Waals surface area contributed by atoms with Crippen molar-refractivity contribution in [3.8, 4) is 0 Å². The van der Waals surface area contributed by atoms with Crippen LogP contribution in [0.4, 0.5) is 5.69 Å². The van der Waals surface area contributed by atoms with Crippen LogP contribution in [0.3, 0.4) is 0 Å². The Labute approximate surface area is 218 Å². The molecule has 2 amide bonds. The average Bonchev–Trinajstić information content (AvgIpc) is 3.63. The van der Waals surface area contributed by atoms with E-state index in [-0.39, 0.29) is 24.3 Å². The maximum absolute atomic E-state index is 13.9. The Bertz CT molecular complexity index is 1160. The minimum atomic E-state index is -0.408. The van der Waals surface area contributed by atoms with E-state index in [4.69, 9.17) is 0 Å². The molecule has 2 unspecified atom stereocenters. The second kappa shape index (κ2) is 11.4. The van der Waals surface area contributed by atoms with E-state index in [1.807, 2.05) is 24.3 Å². The number of nitrogens with one attached hydrogen (secondary N) is 1. The molecule has 2 heterocycles. The first-order chi connectivity index (χ1) is 17.7. The second-order valence-corrected chi connectivity index (χ2v) is 10.8. The number of hydrogen-bond donors (Lipinski definition) is 1. The number of hydrogen-bond acceptors (Lipinski definition) is 5. The fourth-order valence-corrected chi connectivity index (χ4v) is 6.81. The SMILES string of the molecule is CCN(CCC(=O)NC(=O)C1c2ccccc2CN(C2CCCC2)C1c1cccs1)c1ccccc1. The zero-order valence-electron chi connectivity index (χ0n) is 20.9. The lowest BCUT2D eigenvalue weighted by atomic mass is 9.81. The van der Waals surface area contributed by atoms with Crippen LogP contribution in [0.25, 0.3) is 0 Å². The third-order valence-electron chi connectivity index (χ3n) is 7.70. The van der Waals surface area contributed by atoms with Gasteiger partial charge in [0.2, 0.25) is 11.8 Å². The molecule has 2 aliphatic rings. The molecule has 5 nitrogen and oxygen atoms in total. The van der Waals surface area contributed by atoms with Gasteiger partial charge in [-0.05, 0) is 54.5 Å². The zero-order chi connectivity index (χ0) is 24.9. The van der Waals surface area contributed by atoms with Crippen molar-refractivity contribution in [2.24, 2.45) is 0 Å². The molecule has 0 spiro atoms. The van der Waals surface area contributed by atoms with Crippen LogP contribution < -0.4 is 10.2 Å². The lowest BCUT2D eigenvalue weighted by molar-refractivity contribution is -0.132. The molecule has 1 aliphatic heterocycles. The van der Waals surface area contributed by atoms with Crippen LogP contribution in [0.15, 0.2) is 72.1 Å². The summed E-state index contributed by atoms with van der Waals surface area (Å²) < 4.78 is 0. The van der Waals surface area contributed by atoms with Crippen molar-refractivity contribution in [2.75, 3.05) is 18.0 Å². The van der Waals surface area contributed by atoms with E-state index in [1.54, 1.807) is 11.3 Å². The van der Waals surface area contributed by atoms with Crippen LogP contribution in [0, 0.1) is 0 Å². The summed E-state index contributed by atoms with van der Waals surface area (Å²) in [5.41, 5.74) is 3.34. The summed E-state index contributed by atoms with van der Waals surface area (Å²) in [5, 5.41) is 4.89. The predicted molar refractivity (Wildman–Crippen MR) is 146 cm³/mol. The molecule has 3 aromatic rings. The number of para-hydroxylation sites is 1. The van der Waals surface area contributed by atoms with Crippen molar-refractivity contribution < 1.29 is 9.59 Å². The summed E-state index contributed by atoms with van der Waals surface area (Å²) in [4.78, 5) is 32.8. The maximum atomic E-state index is 13.9. The third-order valence-corrected chi connectivity index (χ3v) is 8.64. The second-order valence-electron chi connectivity index (χ2n) is 9.83. The smallest absolute Gasteiger partial charge is 0.236 e. The van der Waals surface area contributed by atoms with Gasteiger partial charge in [-0.2, -0.15) is 0 Å². The van der Waals surface area contributed by atoms with Gasteiger partial charge in [0.25, 0.3) is 0 Å².